The smallest absolute Gasteiger partial charge is 0.427 e. The number of carbonyl (C=O) groups is 1. The lowest BCUT2D eigenvalue weighted by Crippen LogP contribution is -2.20. The van der Waals surface area contributed by atoms with Crippen LogP contribution in [-0.4, -0.2) is 23.7 Å². The number of alkyl halides is 4. The standard InChI is InChI=1S/C18H11F4NO5/c19-16(20)26-13-7-5-10(9-14(13)27-17(21)22)6-8-15(24)23-11-3-1-2-4-12(11)28-18(23)25/h1-9,16-17H/b8-6+. The van der Waals surface area contributed by atoms with E-state index in [1.165, 1.54) is 24.3 Å². The monoisotopic (exact) mass is 397 g/mol. The molecule has 3 aromatic rings. The average molecular weight is 397 g/mol. The molecule has 0 saturated carbocycles. The molecule has 0 aliphatic heterocycles. The maximum Gasteiger partial charge on any atom is 0.427 e. The lowest BCUT2D eigenvalue weighted by atomic mass is 10.2. The fourth-order valence-corrected chi connectivity index (χ4v) is 2.43. The number of fused-ring (bicyclic) bond motifs is 1. The van der Waals surface area contributed by atoms with Crippen LogP contribution in [0.3, 0.4) is 0 Å². The summed E-state index contributed by atoms with van der Waals surface area (Å²) in [6.45, 7) is -6.50. The molecule has 1 heterocycles. The molecule has 0 spiro atoms. The van der Waals surface area contributed by atoms with Gasteiger partial charge in [0.05, 0.1) is 5.52 Å². The molecule has 6 nitrogen and oxygen atoms in total. The molecule has 0 atom stereocenters. The number of allylic oxidation sites excluding steroid dienone is 1. The number of benzene rings is 2. The molecule has 146 valence electrons. The highest BCUT2D eigenvalue weighted by atomic mass is 19.3. The Morgan fingerprint density at radius 3 is 2.39 bits per heavy atom. The van der Waals surface area contributed by atoms with Gasteiger partial charge in [-0.1, -0.05) is 18.2 Å². The van der Waals surface area contributed by atoms with E-state index in [1.54, 1.807) is 12.1 Å². The van der Waals surface area contributed by atoms with Crippen LogP contribution in [0.2, 0.25) is 0 Å². The predicted molar refractivity (Wildman–Crippen MR) is 89.8 cm³/mol. The predicted octanol–water partition coefficient (Wildman–Crippen LogP) is 4.15. The molecule has 0 bridgehead atoms. The molecule has 28 heavy (non-hydrogen) atoms. The van der Waals surface area contributed by atoms with Crippen LogP contribution in [0.1, 0.15) is 10.4 Å². The zero-order valence-corrected chi connectivity index (χ0v) is 13.9. The fraction of sp³-hybridized carbons (Fsp3) is 0.111. The molecule has 0 amide bonds. The van der Waals surface area contributed by atoms with Gasteiger partial charge in [-0.05, 0) is 35.9 Å². The van der Waals surface area contributed by atoms with E-state index in [9.17, 15) is 27.2 Å². The maximum atomic E-state index is 12.5. The van der Waals surface area contributed by atoms with Gasteiger partial charge in [-0.15, -0.1) is 0 Å². The van der Waals surface area contributed by atoms with E-state index in [4.69, 9.17) is 4.42 Å². The number of aromatic nitrogens is 1. The van der Waals surface area contributed by atoms with Gasteiger partial charge in [0, 0.05) is 6.08 Å². The third-order valence-electron chi connectivity index (χ3n) is 3.52. The number of halogens is 4. The van der Waals surface area contributed by atoms with Crippen molar-refractivity contribution in [2.24, 2.45) is 0 Å². The first-order chi connectivity index (χ1) is 13.3. The van der Waals surface area contributed by atoms with E-state index in [1.807, 2.05) is 0 Å². The molecule has 0 fully saturated rings. The van der Waals surface area contributed by atoms with Gasteiger partial charge in [0.1, 0.15) is 0 Å². The van der Waals surface area contributed by atoms with Gasteiger partial charge in [-0.3, -0.25) is 4.79 Å². The van der Waals surface area contributed by atoms with Crippen molar-refractivity contribution in [2.45, 2.75) is 13.2 Å². The normalized spacial score (nSPS) is 11.6. The summed E-state index contributed by atoms with van der Waals surface area (Å²) in [5.74, 6) is -2.86. The molecular formula is C18H11F4NO5. The maximum absolute atomic E-state index is 12.5. The van der Waals surface area contributed by atoms with E-state index < -0.39 is 36.4 Å². The molecule has 0 aliphatic rings. The second kappa shape index (κ2) is 7.99. The van der Waals surface area contributed by atoms with Crippen molar-refractivity contribution in [1.29, 1.82) is 0 Å². The van der Waals surface area contributed by atoms with Crippen molar-refractivity contribution in [3.8, 4) is 11.5 Å². The van der Waals surface area contributed by atoms with Crippen LogP contribution in [0.25, 0.3) is 17.2 Å². The first-order valence-electron chi connectivity index (χ1n) is 7.72. The van der Waals surface area contributed by atoms with E-state index in [-0.39, 0.29) is 16.7 Å². The molecule has 0 N–H and O–H groups in total. The van der Waals surface area contributed by atoms with Crippen molar-refractivity contribution in [3.05, 3.63) is 64.7 Å². The van der Waals surface area contributed by atoms with Gasteiger partial charge in [0.25, 0.3) is 5.91 Å². The minimum atomic E-state index is -3.27. The van der Waals surface area contributed by atoms with E-state index >= 15 is 0 Å². The quantitative estimate of drug-likeness (QED) is 0.462. The lowest BCUT2D eigenvalue weighted by Gasteiger charge is -2.12. The van der Waals surface area contributed by atoms with Crippen molar-refractivity contribution in [2.75, 3.05) is 0 Å². The first-order valence-corrected chi connectivity index (χ1v) is 7.72. The summed E-state index contributed by atoms with van der Waals surface area (Å²) >= 11 is 0. The molecule has 0 unspecified atom stereocenters. The van der Waals surface area contributed by atoms with Gasteiger partial charge in [0.2, 0.25) is 0 Å². The van der Waals surface area contributed by atoms with Crippen LogP contribution in [0, 0.1) is 0 Å². The molecule has 0 aliphatic carbocycles. The Labute approximate surface area is 154 Å². The van der Waals surface area contributed by atoms with Crippen LogP contribution < -0.4 is 15.2 Å². The number of oxazole rings is 1. The van der Waals surface area contributed by atoms with Crippen molar-refractivity contribution < 1.29 is 36.2 Å². The summed E-state index contributed by atoms with van der Waals surface area (Å²) in [5, 5.41) is 0. The number of ether oxygens (including phenoxy) is 2. The fourth-order valence-electron chi connectivity index (χ4n) is 2.43. The highest BCUT2D eigenvalue weighted by molar-refractivity contribution is 5.98. The van der Waals surface area contributed by atoms with E-state index in [0.717, 1.165) is 22.8 Å². The Morgan fingerprint density at radius 1 is 1.00 bits per heavy atom. The van der Waals surface area contributed by atoms with Gasteiger partial charge in [-0.2, -0.15) is 17.6 Å². The molecule has 10 heteroatoms. The van der Waals surface area contributed by atoms with Gasteiger partial charge in [0.15, 0.2) is 17.1 Å². The Kier molecular flexibility index (Phi) is 5.48. The minimum absolute atomic E-state index is 0.173. The number of nitrogens with zero attached hydrogens (tertiary/aromatic N) is 1. The number of carbonyl (C=O) groups excluding carboxylic acids is 1. The van der Waals surface area contributed by atoms with Crippen molar-refractivity contribution >= 4 is 23.1 Å². The first kappa shape index (κ1) is 19.2. The SMILES string of the molecule is O=C(/C=C/c1ccc(OC(F)F)c(OC(F)F)c1)n1c(=O)oc2ccccc21. The highest BCUT2D eigenvalue weighted by Crippen LogP contribution is 2.31. The molecule has 3 rings (SSSR count). The minimum Gasteiger partial charge on any atom is -0.431 e. The third kappa shape index (κ3) is 4.22. The topological polar surface area (TPSA) is 70.7 Å². The van der Waals surface area contributed by atoms with E-state index in [2.05, 4.69) is 9.47 Å². The van der Waals surface area contributed by atoms with Crippen LogP contribution in [0.15, 0.2) is 57.8 Å². The summed E-state index contributed by atoms with van der Waals surface area (Å²) in [6, 6.07) is 9.49. The molecule has 1 aromatic heterocycles. The van der Waals surface area contributed by atoms with Crippen molar-refractivity contribution in [3.63, 3.8) is 0 Å². The summed E-state index contributed by atoms with van der Waals surface area (Å²) < 4.78 is 63.7. The summed E-state index contributed by atoms with van der Waals surface area (Å²) in [6.07, 6.45) is 2.19. The van der Waals surface area contributed by atoms with Gasteiger partial charge >= 0.3 is 19.0 Å². The zero-order valence-electron chi connectivity index (χ0n) is 13.9. The van der Waals surface area contributed by atoms with Crippen LogP contribution >= 0.6 is 0 Å². The third-order valence-corrected chi connectivity index (χ3v) is 3.52. The number of para-hydroxylation sites is 2. The molecule has 0 radical (unpaired) electrons. The van der Waals surface area contributed by atoms with Crippen LogP contribution in [-0.2, 0) is 0 Å². The van der Waals surface area contributed by atoms with Gasteiger partial charge in [-0.25, -0.2) is 9.36 Å². The Hall–Kier alpha value is -3.56. The van der Waals surface area contributed by atoms with Crippen molar-refractivity contribution in [1.82, 2.24) is 4.57 Å². The molecular weight excluding hydrogens is 386 g/mol. The second-order valence-corrected chi connectivity index (χ2v) is 5.31. The Bertz CT molecular complexity index is 1090. The summed E-state index contributed by atoms with van der Waals surface area (Å²) in [5.41, 5.74) is 0.645. The summed E-state index contributed by atoms with van der Waals surface area (Å²) in [4.78, 5) is 24.2. The molecule has 2 aromatic carbocycles. The average Bonchev–Trinajstić information content (AvgIpc) is 2.96. The highest BCUT2D eigenvalue weighted by Gasteiger charge is 2.16. The number of rotatable bonds is 6. The number of hydrogen-bond donors (Lipinski definition) is 0. The Morgan fingerprint density at radius 2 is 1.68 bits per heavy atom. The lowest BCUT2D eigenvalue weighted by molar-refractivity contribution is -0.0692. The largest absolute Gasteiger partial charge is 0.431 e. The van der Waals surface area contributed by atoms with Gasteiger partial charge < -0.3 is 13.9 Å². The zero-order chi connectivity index (χ0) is 20.3. The molecule has 0 saturated heterocycles. The van der Waals surface area contributed by atoms with Crippen LogP contribution in [0.5, 0.6) is 11.5 Å². The van der Waals surface area contributed by atoms with E-state index in [0.29, 0.717) is 0 Å². The second-order valence-electron chi connectivity index (χ2n) is 5.31. The summed E-state index contributed by atoms with van der Waals surface area (Å²) in [7, 11) is 0. The number of hydrogen-bond acceptors (Lipinski definition) is 5. The van der Waals surface area contributed by atoms with Crippen LogP contribution in [0.4, 0.5) is 17.6 Å². The Balaban J connectivity index is 1.89.